The van der Waals surface area contributed by atoms with Crippen molar-refractivity contribution in [2.75, 3.05) is 0 Å². The first-order valence-electron chi connectivity index (χ1n) is 8.84. The maximum Gasteiger partial charge on any atom is 0.275 e. The van der Waals surface area contributed by atoms with Crippen LogP contribution in [-0.2, 0) is 0 Å². The van der Waals surface area contributed by atoms with Crippen LogP contribution >= 0.6 is 0 Å². The summed E-state index contributed by atoms with van der Waals surface area (Å²) in [6.45, 7) is 3.74. The molecule has 0 unspecified atom stereocenters. The van der Waals surface area contributed by atoms with Gasteiger partial charge in [0, 0.05) is 6.42 Å². The van der Waals surface area contributed by atoms with Gasteiger partial charge in [-0.15, -0.1) is 6.58 Å². The quantitative estimate of drug-likeness (QED) is 0.221. The molecule has 0 amide bonds. The van der Waals surface area contributed by atoms with Gasteiger partial charge in [0.2, 0.25) is 0 Å². The highest BCUT2D eigenvalue weighted by atomic mass is 16.7. The van der Waals surface area contributed by atoms with Crippen LogP contribution in [0.1, 0.15) is 96.3 Å². The molecule has 0 aromatic rings. The molecule has 0 atom stereocenters. The molecule has 0 radical (unpaired) electrons. The fraction of sp³-hybridized carbons (Fsp3) is 0.889. The van der Waals surface area contributed by atoms with Crippen molar-refractivity contribution in [2.24, 2.45) is 0 Å². The van der Waals surface area contributed by atoms with Gasteiger partial charge in [-0.25, -0.2) is 0 Å². The highest BCUT2D eigenvalue weighted by molar-refractivity contribution is 4.65. The van der Waals surface area contributed by atoms with E-state index in [1.54, 1.807) is 0 Å². The molecule has 21 heavy (non-hydrogen) atoms. The maximum atomic E-state index is 8.73. The van der Waals surface area contributed by atoms with E-state index >= 15 is 0 Å². The molecule has 0 bridgehead atoms. The van der Waals surface area contributed by atoms with Crippen molar-refractivity contribution >= 4 is 0 Å². The Morgan fingerprint density at radius 2 is 0.905 bits per heavy atom. The highest BCUT2D eigenvalue weighted by Gasteiger charge is 2.16. The molecule has 0 rings (SSSR count). The van der Waals surface area contributed by atoms with Crippen molar-refractivity contribution in [1.82, 2.24) is 0 Å². The number of hydrogen-bond acceptors (Lipinski definition) is 3. The van der Waals surface area contributed by atoms with Gasteiger partial charge in [-0.2, -0.15) is 0 Å². The fourth-order valence-corrected chi connectivity index (χ4v) is 2.60. The fourth-order valence-electron chi connectivity index (χ4n) is 2.60. The Labute approximate surface area is 131 Å². The Kier molecular flexibility index (Phi) is 14.3. The van der Waals surface area contributed by atoms with E-state index in [2.05, 4.69) is 6.58 Å². The van der Waals surface area contributed by atoms with Crippen molar-refractivity contribution in [3.8, 4) is 0 Å². The second kappa shape index (κ2) is 14.6. The van der Waals surface area contributed by atoms with Crippen molar-refractivity contribution in [2.45, 2.75) is 102 Å². The molecule has 0 aliphatic rings. The van der Waals surface area contributed by atoms with Crippen LogP contribution in [0.15, 0.2) is 12.7 Å². The summed E-state index contributed by atoms with van der Waals surface area (Å²) in [5, 5.41) is 26.2. The molecule has 0 heterocycles. The maximum absolute atomic E-state index is 8.73. The van der Waals surface area contributed by atoms with Gasteiger partial charge in [0.1, 0.15) is 0 Å². The summed E-state index contributed by atoms with van der Waals surface area (Å²) in [7, 11) is 0. The Hall–Kier alpha value is -0.380. The summed E-state index contributed by atoms with van der Waals surface area (Å²) in [5.74, 6) is -2.47. The van der Waals surface area contributed by atoms with E-state index in [1.165, 1.54) is 64.2 Å². The molecule has 0 spiro atoms. The van der Waals surface area contributed by atoms with E-state index in [4.69, 9.17) is 15.3 Å². The molecular formula is C18H36O3. The van der Waals surface area contributed by atoms with Gasteiger partial charge in [-0.1, -0.05) is 76.7 Å². The average molecular weight is 300 g/mol. The third kappa shape index (κ3) is 19.6. The lowest BCUT2D eigenvalue weighted by atomic mass is 10.0. The standard InChI is InChI=1S/C18H36O3/c1-2-3-4-5-6-7-8-9-10-11-12-13-14-15-16-17-18(19,20)21/h2,19-21H,1,3-17H2. The number of unbranched alkanes of at least 4 members (excludes halogenated alkanes) is 13. The molecule has 0 fully saturated rings. The lowest BCUT2D eigenvalue weighted by molar-refractivity contribution is -0.315. The zero-order chi connectivity index (χ0) is 15.8. The van der Waals surface area contributed by atoms with Crippen LogP contribution in [0.2, 0.25) is 0 Å². The van der Waals surface area contributed by atoms with Crippen LogP contribution in [0.5, 0.6) is 0 Å². The second-order valence-electron chi connectivity index (χ2n) is 6.20. The first kappa shape index (κ1) is 20.6. The first-order chi connectivity index (χ1) is 10.1. The zero-order valence-corrected chi connectivity index (χ0v) is 13.7. The molecule has 0 saturated heterocycles. The molecule has 0 saturated carbocycles. The molecule has 3 nitrogen and oxygen atoms in total. The predicted molar refractivity (Wildman–Crippen MR) is 88.8 cm³/mol. The molecule has 0 aromatic heterocycles. The van der Waals surface area contributed by atoms with Crippen molar-refractivity contribution in [3.05, 3.63) is 12.7 Å². The summed E-state index contributed by atoms with van der Waals surface area (Å²) in [4.78, 5) is 0. The first-order valence-corrected chi connectivity index (χ1v) is 8.84. The Bertz CT molecular complexity index is 221. The zero-order valence-electron chi connectivity index (χ0n) is 13.7. The van der Waals surface area contributed by atoms with Crippen molar-refractivity contribution in [1.29, 1.82) is 0 Å². The van der Waals surface area contributed by atoms with Crippen molar-refractivity contribution in [3.63, 3.8) is 0 Å². The van der Waals surface area contributed by atoms with Gasteiger partial charge in [0.15, 0.2) is 0 Å². The summed E-state index contributed by atoms with van der Waals surface area (Å²) in [5.41, 5.74) is 0. The van der Waals surface area contributed by atoms with Crippen LogP contribution in [-0.4, -0.2) is 21.3 Å². The smallest absolute Gasteiger partial charge is 0.275 e. The number of hydrogen-bond donors (Lipinski definition) is 3. The van der Waals surface area contributed by atoms with Gasteiger partial charge < -0.3 is 15.3 Å². The summed E-state index contributed by atoms with van der Waals surface area (Å²) < 4.78 is 0. The number of aliphatic hydroxyl groups is 3. The van der Waals surface area contributed by atoms with E-state index in [0.29, 0.717) is 6.42 Å². The van der Waals surface area contributed by atoms with Crippen LogP contribution in [0.4, 0.5) is 0 Å². The predicted octanol–water partition coefficient (Wildman–Crippen LogP) is 4.65. The largest absolute Gasteiger partial charge is 0.344 e. The SMILES string of the molecule is C=CCCCCCCCCCCCCCCCC(O)(O)O. The van der Waals surface area contributed by atoms with E-state index in [-0.39, 0.29) is 6.42 Å². The van der Waals surface area contributed by atoms with E-state index in [0.717, 1.165) is 19.3 Å². The molecule has 126 valence electrons. The second-order valence-corrected chi connectivity index (χ2v) is 6.20. The normalized spacial score (nSPS) is 11.8. The van der Waals surface area contributed by atoms with Crippen molar-refractivity contribution < 1.29 is 15.3 Å². The number of allylic oxidation sites excluding steroid dienone is 1. The van der Waals surface area contributed by atoms with E-state index in [9.17, 15) is 0 Å². The minimum atomic E-state index is -2.47. The van der Waals surface area contributed by atoms with E-state index in [1.807, 2.05) is 6.08 Å². The van der Waals surface area contributed by atoms with Gasteiger partial charge in [-0.05, 0) is 19.3 Å². The molecule has 0 aromatic carbocycles. The van der Waals surface area contributed by atoms with Crippen LogP contribution in [0.3, 0.4) is 0 Å². The molecule has 3 N–H and O–H groups in total. The van der Waals surface area contributed by atoms with Crippen LogP contribution in [0.25, 0.3) is 0 Å². The summed E-state index contributed by atoms with van der Waals surface area (Å²) >= 11 is 0. The van der Waals surface area contributed by atoms with Crippen LogP contribution < -0.4 is 0 Å². The average Bonchev–Trinajstić information content (AvgIpc) is 2.42. The molecule has 0 aliphatic carbocycles. The highest BCUT2D eigenvalue weighted by Crippen LogP contribution is 2.14. The van der Waals surface area contributed by atoms with Gasteiger partial charge >= 0.3 is 0 Å². The molecular weight excluding hydrogens is 264 g/mol. The van der Waals surface area contributed by atoms with Gasteiger partial charge in [0.25, 0.3) is 5.97 Å². The molecule has 0 aliphatic heterocycles. The Morgan fingerprint density at radius 3 is 1.24 bits per heavy atom. The van der Waals surface area contributed by atoms with Gasteiger partial charge in [0.05, 0.1) is 0 Å². The summed E-state index contributed by atoms with van der Waals surface area (Å²) in [6.07, 6.45) is 19.3. The topological polar surface area (TPSA) is 60.7 Å². The minimum Gasteiger partial charge on any atom is -0.344 e. The van der Waals surface area contributed by atoms with Gasteiger partial charge in [-0.3, -0.25) is 0 Å². The number of rotatable bonds is 16. The lowest BCUT2D eigenvalue weighted by Crippen LogP contribution is -2.26. The monoisotopic (exact) mass is 300 g/mol. The summed E-state index contributed by atoms with van der Waals surface area (Å²) in [6, 6.07) is 0. The minimum absolute atomic E-state index is 0.0554. The lowest BCUT2D eigenvalue weighted by Gasteiger charge is -2.12. The Balaban J connectivity index is 3.01. The Morgan fingerprint density at radius 1 is 0.571 bits per heavy atom. The molecule has 3 heteroatoms. The van der Waals surface area contributed by atoms with Crippen LogP contribution in [0, 0.1) is 0 Å². The third-order valence-corrected chi connectivity index (χ3v) is 3.92. The third-order valence-electron chi connectivity index (χ3n) is 3.92. The van der Waals surface area contributed by atoms with E-state index < -0.39 is 5.97 Å².